The molecule has 124 valence electrons. The minimum Gasteiger partial charge on any atom is -0.385 e. The lowest BCUT2D eigenvalue weighted by Gasteiger charge is -2.33. The quantitative estimate of drug-likeness (QED) is 0.822. The summed E-state index contributed by atoms with van der Waals surface area (Å²) in [7, 11) is 0. The molecule has 0 aromatic heterocycles. The van der Waals surface area contributed by atoms with Crippen molar-refractivity contribution in [2.24, 2.45) is 21.6 Å². The Balaban J connectivity index is 2.46. The number of carbonyl (C=O) groups is 2. The van der Waals surface area contributed by atoms with Crippen LogP contribution < -0.4 is 5.73 Å². The summed E-state index contributed by atoms with van der Waals surface area (Å²) in [5.41, 5.74) is 3.50. The van der Waals surface area contributed by atoms with Crippen molar-refractivity contribution < 1.29 is 9.59 Å². The molecule has 1 aromatic rings. The van der Waals surface area contributed by atoms with E-state index in [1.165, 1.54) is 6.92 Å². The number of allylic oxidation sites excluding steroid dienone is 1. The van der Waals surface area contributed by atoms with E-state index in [0.29, 0.717) is 11.1 Å². The number of benzene rings is 1. The number of nitrogens with zero attached hydrogens (tertiary/aromatic N) is 3. The molecule has 1 amide bonds. The molecule has 1 heterocycles. The molecule has 3 rings (SSSR count). The van der Waals surface area contributed by atoms with Crippen molar-refractivity contribution in [2.45, 2.75) is 19.8 Å². The number of carbonyl (C=O) groups excluding carboxylic acids is 2. The van der Waals surface area contributed by atoms with E-state index in [1.807, 2.05) is 12.1 Å². The second kappa shape index (κ2) is 5.37. The third-order valence-corrected chi connectivity index (χ3v) is 5.62. The maximum absolute atomic E-state index is 12.8. The highest BCUT2D eigenvalue weighted by Crippen LogP contribution is 2.65. The van der Waals surface area contributed by atoms with Crippen LogP contribution in [0, 0.1) is 33.5 Å². The topological polar surface area (TPSA) is 120 Å². The highest BCUT2D eigenvalue weighted by atomic mass is 79.9. The third kappa shape index (κ3) is 1.79. The van der Waals surface area contributed by atoms with E-state index in [0.717, 1.165) is 4.47 Å². The molecule has 0 radical (unpaired) electrons. The number of hydrogen-bond acceptors (Lipinski definition) is 5. The van der Waals surface area contributed by atoms with Crippen molar-refractivity contribution in [2.75, 3.05) is 0 Å². The summed E-state index contributed by atoms with van der Waals surface area (Å²) in [6.07, 6.45) is 0. The molecule has 6 nitrogen and oxygen atoms in total. The molecule has 2 N–H and O–H groups in total. The number of amides is 1. The van der Waals surface area contributed by atoms with E-state index in [1.54, 1.807) is 31.2 Å². The summed E-state index contributed by atoms with van der Waals surface area (Å²) in [4.78, 5) is 28.9. The van der Waals surface area contributed by atoms with Crippen molar-refractivity contribution >= 4 is 33.5 Å². The molecule has 3 unspecified atom stereocenters. The standard InChI is InChI=1S/C18H13BrN4O2/c1-9-13(10(2)24)14(11-4-3-5-12(19)6-11)18(8-21)16(25)23-15(22)17(9,18)7-20/h3-6,14H,1-2H3,(H2,22,23,25). The zero-order chi connectivity index (χ0) is 18.6. The van der Waals surface area contributed by atoms with Gasteiger partial charge >= 0.3 is 0 Å². The van der Waals surface area contributed by atoms with E-state index in [9.17, 15) is 20.1 Å². The molecule has 1 aromatic carbocycles. The Hall–Kier alpha value is -2.77. The van der Waals surface area contributed by atoms with Gasteiger partial charge in [-0.15, -0.1) is 0 Å². The summed E-state index contributed by atoms with van der Waals surface area (Å²) in [5, 5.41) is 20.0. The summed E-state index contributed by atoms with van der Waals surface area (Å²) in [5.74, 6) is -2.23. The lowest BCUT2D eigenvalue weighted by Crippen LogP contribution is -2.48. The zero-order valence-corrected chi connectivity index (χ0v) is 15.1. The number of ketones is 1. The monoisotopic (exact) mass is 396 g/mol. The fraction of sp³-hybridized carbons (Fsp3) is 0.278. The molecule has 0 spiro atoms. The molecule has 0 bridgehead atoms. The van der Waals surface area contributed by atoms with E-state index in [4.69, 9.17) is 5.73 Å². The van der Waals surface area contributed by atoms with Gasteiger partial charge in [0.1, 0.15) is 5.84 Å². The summed E-state index contributed by atoms with van der Waals surface area (Å²) in [6, 6.07) is 11.0. The molecule has 2 aliphatic rings. The maximum atomic E-state index is 12.8. The summed E-state index contributed by atoms with van der Waals surface area (Å²) in [6.45, 7) is 2.93. The van der Waals surface area contributed by atoms with Crippen LogP contribution >= 0.6 is 15.9 Å². The van der Waals surface area contributed by atoms with Crippen LogP contribution in [0.25, 0.3) is 0 Å². The van der Waals surface area contributed by atoms with Crippen molar-refractivity contribution in [1.29, 1.82) is 10.5 Å². The first-order chi connectivity index (χ1) is 11.8. The smallest absolute Gasteiger partial charge is 0.271 e. The SMILES string of the molecule is CC(=O)C1=C(C)C2(C#N)C(N)=NC(=O)C2(C#N)C1c1cccc(Br)c1. The van der Waals surface area contributed by atoms with Gasteiger partial charge in [-0.1, -0.05) is 28.1 Å². The van der Waals surface area contributed by atoms with Crippen molar-refractivity contribution in [3.05, 3.63) is 45.4 Å². The average Bonchev–Trinajstić information content (AvgIpc) is 2.93. The van der Waals surface area contributed by atoms with Crippen LogP contribution in [0.5, 0.6) is 0 Å². The van der Waals surface area contributed by atoms with E-state index in [2.05, 4.69) is 20.9 Å². The van der Waals surface area contributed by atoms with Gasteiger partial charge < -0.3 is 5.73 Å². The summed E-state index contributed by atoms with van der Waals surface area (Å²) < 4.78 is 0.729. The molecular weight excluding hydrogens is 384 g/mol. The van der Waals surface area contributed by atoms with Gasteiger partial charge in [-0.25, -0.2) is 0 Å². The van der Waals surface area contributed by atoms with Crippen LogP contribution in [0.2, 0.25) is 0 Å². The molecule has 0 fully saturated rings. The molecule has 1 aliphatic heterocycles. The van der Waals surface area contributed by atoms with E-state index >= 15 is 0 Å². The Labute approximate surface area is 152 Å². The largest absolute Gasteiger partial charge is 0.385 e. The fourth-order valence-corrected chi connectivity index (χ4v) is 4.52. The molecule has 3 atom stereocenters. The number of halogens is 1. The molecule has 1 aliphatic carbocycles. The molecule has 0 saturated carbocycles. The molecule has 7 heteroatoms. The Morgan fingerprint density at radius 3 is 2.56 bits per heavy atom. The number of fused-ring (bicyclic) bond motifs is 1. The summed E-state index contributed by atoms with van der Waals surface area (Å²) >= 11 is 3.36. The maximum Gasteiger partial charge on any atom is 0.271 e. The predicted molar refractivity (Wildman–Crippen MR) is 93.0 cm³/mol. The van der Waals surface area contributed by atoms with Crippen molar-refractivity contribution in [1.82, 2.24) is 0 Å². The van der Waals surface area contributed by atoms with Crippen LogP contribution in [0.15, 0.2) is 44.9 Å². The van der Waals surface area contributed by atoms with Crippen LogP contribution in [0.1, 0.15) is 25.3 Å². The number of hydrogen-bond donors (Lipinski definition) is 1. The van der Waals surface area contributed by atoms with Crippen molar-refractivity contribution in [3.8, 4) is 12.1 Å². The van der Waals surface area contributed by atoms with Gasteiger partial charge in [0.25, 0.3) is 5.91 Å². The van der Waals surface area contributed by atoms with Gasteiger partial charge in [-0.05, 0) is 37.1 Å². The Kier molecular flexibility index (Phi) is 3.66. The zero-order valence-electron chi connectivity index (χ0n) is 13.5. The van der Waals surface area contributed by atoms with E-state index < -0.39 is 22.7 Å². The van der Waals surface area contributed by atoms with Gasteiger partial charge in [0.05, 0.1) is 12.1 Å². The van der Waals surface area contributed by atoms with Gasteiger partial charge in [0, 0.05) is 16.0 Å². The van der Waals surface area contributed by atoms with Crippen LogP contribution in [-0.4, -0.2) is 17.5 Å². The second-order valence-electron chi connectivity index (χ2n) is 6.17. The van der Waals surface area contributed by atoms with Crippen LogP contribution in [-0.2, 0) is 9.59 Å². The molecule has 0 saturated heterocycles. The van der Waals surface area contributed by atoms with Crippen molar-refractivity contribution in [3.63, 3.8) is 0 Å². The first-order valence-electron chi connectivity index (χ1n) is 7.47. The van der Waals surface area contributed by atoms with Gasteiger partial charge in [0.15, 0.2) is 16.6 Å². The Morgan fingerprint density at radius 1 is 1.36 bits per heavy atom. The number of nitriles is 2. The minimum atomic E-state index is -1.88. The predicted octanol–water partition coefficient (Wildman–Crippen LogP) is 2.37. The number of aliphatic imine (C=N–C) groups is 1. The Bertz CT molecular complexity index is 982. The number of nitrogens with two attached hydrogens (primary N) is 1. The normalized spacial score (nSPS) is 30.5. The fourth-order valence-electron chi connectivity index (χ4n) is 4.10. The first kappa shape index (κ1) is 17.1. The lowest BCUT2D eigenvalue weighted by atomic mass is 9.60. The number of amidine groups is 1. The first-order valence-corrected chi connectivity index (χ1v) is 8.26. The third-order valence-electron chi connectivity index (χ3n) is 5.13. The second-order valence-corrected chi connectivity index (χ2v) is 7.08. The highest BCUT2D eigenvalue weighted by Gasteiger charge is 2.74. The van der Waals surface area contributed by atoms with Gasteiger partial charge in [0.2, 0.25) is 0 Å². The lowest BCUT2D eigenvalue weighted by molar-refractivity contribution is -0.125. The number of rotatable bonds is 2. The molecule has 25 heavy (non-hydrogen) atoms. The Morgan fingerprint density at radius 2 is 2.04 bits per heavy atom. The molecular formula is C18H13BrN4O2. The van der Waals surface area contributed by atoms with Crippen LogP contribution in [0.4, 0.5) is 0 Å². The van der Waals surface area contributed by atoms with Gasteiger partial charge in [-0.3, -0.25) is 9.59 Å². The van der Waals surface area contributed by atoms with Gasteiger partial charge in [-0.2, -0.15) is 15.5 Å². The van der Waals surface area contributed by atoms with Crippen LogP contribution in [0.3, 0.4) is 0 Å². The van der Waals surface area contributed by atoms with E-state index in [-0.39, 0.29) is 17.2 Å². The highest BCUT2D eigenvalue weighted by molar-refractivity contribution is 9.10. The number of Topliss-reactive ketones (excluding diaryl/α,β-unsaturated/α-hetero) is 1. The minimum absolute atomic E-state index is 0.227. The average molecular weight is 397 g/mol.